The Labute approximate surface area is 115 Å². The summed E-state index contributed by atoms with van der Waals surface area (Å²) < 4.78 is 13.0. The van der Waals surface area contributed by atoms with Crippen molar-refractivity contribution in [1.82, 2.24) is 0 Å². The molecular formula is C14H12ClFN2O. The maximum absolute atomic E-state index is 13.0. The first-order valence-corrected chi connectivity index (χ1v) is 5.97. The van der Waals surface area contributed by atoms with Crippen molar-refractivity contribution in [2.45, 2.75) is 6.92 Å². The number of benzene rings is 2. The summed E-state index contributed by atoms with van der Waals surface area (Å²) in [6.07, 6.45) is 0. The van der Waals surface area contributed by atoms with Crippen LogP contribution in [0.2, 0.25) is 5.02 Å². The number of anilines is 2. The van der Waals surface area contributed by atoms with E-state index in [0.29, 0.717) is 22.0 Å². The lowest BCUT2D eigenvalue weighted by atomic mass is 10.1. The van der Waals surface area contributed by atoms with Crippen LogP contribution in [0.5, 0.6) is 0 Å². The van der Waals surface area contributed by atoms with Gasteiger partial charge in [0.05, 0.1) is 10.6 Å². The monoisotopic (exact) mass is 278 g/mol. The molecule has 0 saturated carbocycles. The molecule has 5 heteroatoms. The third-order valence-electron chi connectivity index (χ3n) is 2.67. The number of hydrogen-bond acceptors (Lipinski definition) is 2. The molecule has 98 valence electrons. The first kappa shape index (κ1) is 13.4. The zero-order valence-corrected chi connectivity index (χ0v) is 11.0. The van der Waals surface area contributed by atoms with E-state index in [1.165, 1.54) is 24.3 Å². The van der Waals surface area contributed by atoms with Crippen molar-refractivity contribution in [3.63, 3.8) is 0 Å². The van der Waals surface area contributed by atoms with Crippen LogP contribution in [0.3, 0.4) is 0 Å². The van der Waals surface area contributed by atoms with E-state index in [4.69, 9.17) is 17.3 Å². The highest BCUT2D eigenvalue weighted by molar-refractivity contribution is 6.34. The summed E-state index contributed by atoms with van der Waals surface area (Å²) in [6, 6.07) is 8.80. The van der Waals surface area contributed by atoms with Crippen LogP contribution in [0, 0.1) is 12.7 Å². The van der Waals surface area contributed by atoms with Gasteiger partial charge in [0.1, 0.15) is 5.82 Å². The number of nitrogens with two attached hydrogens (primary N) is 1. The molecule has 0 spiro atoms. The standard InChI is InChI=1S/C14H12ClFN2O/c1-8-6-9(16)2-5-13(8)18-14(19)11-7-10(17)3-4-12(11)15/h2-7H,17H2,1H3,(H,18,19). The summed E-state index contributed by atoms with van der Waals surface area (Å²) in [7, 11) is 0. The van der Waals surface area contributed by atoms with E-state index < -0.39 is 0 Å². The summed E-state index contributed by atoms with van der Waals surface area (Å²) >= 11 is 5.95. The van der Waals surface area contributed by atoms with Gasteiger partial charge in [-0.05, 0) is 48.9 Å². The lowest BCUT2D eigenvalue weighted by molar-refractivity contribution is 0.102. The largest absolute Gasteiger partial charge is 0.399 e. The first-order valence-electron chi connectivity index (χ1n) is 5.60. The van der Waals surface area contributed by atoms with Gasteiger partial charge in [-0.15, -0.1) is 0 Å². The molecule has 1 amide bonds. The van der Waals surface area contributed by atoms with Crippen molar-refractivity contribution in [3.05, 3.63) is 58.4 Å². The minimum Gasteiger partial charge on any atom is -0.399 e. The van der Waals surface area contributed by atoms with Crippen molar-refractivity contribution < 1.29 is 9.18 Å². The van der Waals surface area contributed by atoms with E-state index in [0.717, 1.165) is 0 Å². The van der Waals surface area contributed by atoms with Crippen LogP contribution in [0.4, 0.5) is 15.8 Å². The summed E-state index contributed by atoms with van der Waals surface area (Å²) in [5.41, 5.74) is 7.52. The minimum absolute atomic E-state index is 0.283. The molecule has 2 aromatic rings. The fourth-order valence-corrected chi connectivity index (χ4v) is 1.88. The van der Waals surface area contributed by atoms with Gasteiger partial charge in [0.2, 0.25) is 0 Å². The lowest BCUT2D eigenvalue weighted by Crippen LogP contribution is -2.13. The van der Waals surface area contributed by atoms with Crippen molar-refractivity contribution in [2.75, 3.05) is 11.1 Å². The molecule has 0 atom stereocenters. The SMILES string of the molecule is Cc1cc(F)ccc1NC(=O)c1cc(N)ccc1Cl. The van der Waals surface area contributed by atoms with Crippen molar-refractivity contribution in [3.8, 4) is 0 Å². The predicted molar refractivity (Wildman–Crippen MR) is 75.0 cm³/mol. The normalized spacial score (nSPS) is 10.3. The van der Waals surface area contributed by atoms with Gasteiger partial charge >= 0.3 is 0 Å². The van der Waals surface area contributed by atoms with Crippen molar-refractivity contribution in [2.24, 2.45) is 0 Å². The molecule has 0 aliphatic heterocycles. The quantitative estimate of drug-likeness (QED) is 0.824. The van der Waals surface area contributed by atoms with E-state index >= 15 is 0 Å². The number of rotatable bonds is 2. The Hall–Kier alpha value is -2.07. The molecule has 0 bridgehead atoms. The van der Waals surface area contributed by atoms with Crippen LogP contribution in [0.25, 0.3) is 0 Å². The second-order valence-corrected chi connectivity index (χ2v) is 4.56. The zero-order valence-electron chi connectivity index (χ0n) is 10.2. The van der Waals surface area contributed by atoms with Crippen LogP contribution < -0.4 is 11.1 Å². The molecule has 0 heterocycles. The summed E-state index contributed by atoms with van der Waals surface area (Å²) in [5, 5.41) is 2.99. The fraction of sp³-hybridized carbons (Fsp3) is 0.0714. The Kier molecular flexibility index (Phi) is 3.71. The van der Waals surface area contributed by atoms with Crippen LogP contribution in [0.15, 0.2) is 36.4 Å². The fourth-order valence-electron chi connectivity index (χ4n) is 1.67. The van der Waals surface area contributed by atoms with Crippen LogP contribution in [0.1, 0.15) is 15.9 Å². The number of nitrogens with one attached hydrogen (secondary N) is 1. The number of carbonyl (C=O) groups is 1. The Morgan fingerprint density at radius 2 is 2.00 bits per heavy atom. The third kappa shape index (κ3) is 3.03. The Balaban J connectivity index is 2.28. The van der Waals surface area contributed by atoms with Crippen LogP contribution in [-0.4, -0.2) is 5.91 Å². The number of hydrogen-bond donors (Lipinski definition) is 2. The molecular weight excluding hydrogens is 267 g/mol. The van der Waals surface area contributed by atoms with Gasteiger partial charge in [-0.1, -0.05) is 11.6 Å². The molecule has 3 nitrogen and oxygen atoms in total. The van der Waals surface area contributed by atoms with Crippen LogP contribution >= 0.6 is 11.6 Å². The third-order valence-corrected chi connectivity index (χ3v) is 3.00. The number of carbonyl (C=O) groups excluding carboxylic acids is 1. The molecule has 0 fully saturated rings. The molecule has 2 aromatic carbocycles. The zero-order chi connectivity index (χ0) is 14.0. The lowest BCUT2D eigenvalue weighted by Gasteiger charge is -2.10. The highest BCUT2D eigenvalue weighted by Gasteiger charge is 2.12. The number of aryl methyl sites for hydroxylation is 1. The van der Waals surface area contributed by atoms with E-state index in [1.54, 1.807) is 19.1 Å². The molecule has 19 heavy (non-hydrogen) atoms. The van der Waals surface area contributed by atoms with Gasteiger partial charge in [0.25, 0.3) is 5.91 Å². The van der Waals surface area contributed by atoms with Gasteiger partial charge in [0, 0.05) is 11.4 Å². The summed E-state index contributed by atoms with van der Waals surface area (Å²) in [6.45, 7) is 1.71. The Morgan fingerprint density at radius 3 is 2.68 bits per heavy atom. The second-order valence-electron chi connectivity index (χ2n) is 4.15. The topological polar surface area (TPSA) is 55.1 Å². The van der Waals surface area contributed by atoms with Crippen molar-refractivity contribution >= 4 is 28.9 Å². The maximum Gasteiger partial charge on any atom is 0.257 e. The average molecular weight is 279 g/mol. The molecule has 0 aromatic heterocycles. The first-order chi connectivity index (χ1) is 8.97. The molecule has 0 unspecified atom stereocenters. The molecule has 0 aliphatic rings. The highest BCUT2D eigenvalue weighted by Crippen LogP contribution is 2.22. The van der Waals surface area contributed by atoms with Crippen LogP contribution in [-0.2, 0) is 0 Å². The summed E-state index contributed by atoms with van der Waals surface area (Å²) in [5.74, 6) is -0.732. The van der Waals surface area contributed by atoms with Gasteiger partial charge in [-0.2, -0.15) is 0 Å². The van der Waals surface area contributed by atoms with E-state index in [9.17, 15) is 9.18 Å². The highest BCUT2D eigenvalue weighted by atomic mass is 35.5. The predicted octanol–water partition coefficient (Wildman–Crippen LogP) is 3.62. The average Bonchev–Trinajstić information content (AvgIpc) is 2.35. The van der Waals surface area contributed by atoms with Gasteiger partial charge < -0.3 is 11.1 Å². The smallest absolute Gasteiger partial charge is 0.257 e. The van der Waals surface area contributed by atoms with E-state index in [2.05, 4.69) is 5.32 Å². The van der Waals surface area contributed by atoms with Crippen molar-refractivity contribution in [1.29, 1.82) is 0 Å². The second kappa shape index (κ2) is 5.28. The Morgan fingerprint density at radius 1 is 1.26 bits per heavy atom. The molecule has 2 rings (SSSR count). The molecule has 0 saturated heterocycles. The molecule has 0 aliphatic carbocycles. The van der Waals surface area contributed by atoms with E-state index in [1.807, 2.05) is 0 Å². The maximum atomic E-state index is 13.0. The number of halogens is 2. The number of amides is 1. The Bertz CT molecular complexity index is 643. The minimum atomic E-state index is -0.382. The van der Waals surface area contributed by atoms with E-state index in [-0.39, 0.29) is 17.3 Å². The van der Waals surface area contributed by atoms with Gasteiger partial charge in [-0.25, -0.2) is 4.39 Å². The molecule has 3 N–H and O–H groups in total. The van der Waals surface area contributed by atoms with Gasteiger partial charge in [0.15, 0.2) is 0 Å². The van der Waals surface area contributed by atoms with Gasteiger partial charge in [-0.3, -0.25) is 4.79 Å². The number of nitrogen functional groups attached to an aromatic ring is 1. The summed E-state index contributed by atoms with van der Waals surface area (Å²) in [4.78, 5) is 12.1. The molecule has 0 radical (unpaired) electrons.